The van der Waals surface area contributed by atoms with E-state index in [4.69, 9.17) is 37.0 Å². The van der Waals surface area contributed by atoms with E-state index in [1.165, 1.54) is 180 Å². The van der Waals surface area contributed by atoms with Crippen LogP contribution in [0.4, 0.5) is 0 Å². The normalized spacial score (nSPS) is 14.2. The second-order valence-electron chi connectivity index (χ2n) is 28.9. The van der Waals surface area contributed by atoms with Gasteiger partial charge < -0.3 is 33.8 Å². The molecular weight excluding hydrogens is 1230 g/mol. The van der Waals surface area contributed by atoms with Gasteiger partial charge in [0.1, 0.15) is 19.3 Å². The molecule has 0 aliphatic heterocycles. The average molecular weight is 1380 g/mol. The van der Waals surface area contributed by atoms with Crippen LogP contribution in [0.5, 0.6) is 0 Å². The van der Waals surface area contributed by atoms with Crippen LogP contribution in [-0.4, -0.2) is 96.7 Å². The van der Waals surface area contributed by atoms with E-state index >= 15 is 0 Å². The molecule has 0 amide bonds. The van der Waals surface area contributed by atoms with E-state index in [-0.39, 0.29) is 25.7 Å². The van der Waals surface area contributed by atoms with Crippen LogP contribution < -0.4 is 0 Å². The van der Waals surface area contributed by atoms with Crippen LogP contribution in [-0.2, 0) is 65.4 Å². The van der Waals surface area contributed by atoms with E-state index in [0.29, 0.717) is 25.7 Å². The number of unbranched alkanes of at least 4 members (excludes halogenated alkanes) is 38. The van der Waals surface area contributed by atoms with Gasteiger partial charge in [-0.05, 0) is 49.4 Å². The van der Waals surface area contributed by atoms with Gasteiger partial charge in [-0.2, -0.15) is 0 Å². The van der Waals surface area contributed by atoms with Crippen molar-refractivity contribution in [3.8, 4) is 0 Å². The number of aliphatic hydroxyl groups excluding tert-OH is 1. The molecule has 0 heterocycles. The molecule has 0 aliphatic carbocycles. The summed E-state index contributed by atoms with van der Waals surface area (Å²) in [5, 5.41) is 10.6. The maximum absolute atomic E-state index is 13.1. The van der Waals surface area contributed by atoms with E-state index in [1.807, 2.05) is 0 Å². The average Bonchev–Trinajstić information content (AvgIpc) is 2.11. The largest absolute Gasteiger partial charge is 0.472 e. The van der Waals surface area contributed by atoms with Crippen molar-refractivity contribution >= 4 is 39.5 Å². The Morgan fingerprint density at radius 1 is 0.266 bits per heavy atom. The first-order valence-corrected chi connectivity index (χ1v) is 41.7. The molecule has 0 saturated heterocycles. The number of hydrogen-bond donors (Lipinski definition) is 3. The number of hydrogen-bond acceptors (Lipinski definition) is 15. The first-order valence-electron chi connectivity index (χ1n) is 38.7. The molecule has 3 N–H and O–H groups in total. The van der Waals surface area contributed by atoms with Crippen LogP contribution in [0, 0.1) is 23.7 Å². The zero-order valence-electron chi connectivity index (χ0n) is 61.6. The van der Waals surface area contributed by atoms with Gasteiger partial charge in [0.25, 0.3) is 0 Å². The summed E-state index contributed by atoms with van der Waals surface area (Å²) in [7, 11) is -9.91. The molecule has 5 atom stereocenters. The van der Waals surface area contributed by atoms with Crippen molar-refractivity contribution in [3.05, 3.63) is 0 Å². The third kappa shape index (κ3) is 68.6. The standard InChI is InChI=1S/C75H146O17P2/c1-65(2)51-43-35-27-19-15-13-11-9-10-12-14-16-21-33-41-49-57-74(79)91-70(61-85-72(77)55-47-39-31-25-23-29-37-45-53-67(5)6)63-89-93(81,82)87-59-69(76)60-88-94(83,84)90-64-71(62-86-73(78)56-48-40-32-26-24-30-38-46-54-68(7)8)92-75(80)58-50-42-34-22-18-17-20-28-36-44-52-66(3)4/h65-71,76H,9-64H2,1-8H3,(H,81,82)(H,83,84)/t69?,70-,71-/m1/s1. The number of carbonyl (C=O) groups is 4. The van der Waals surface area contributed by atoms with Gasteiger partial charge in [0, 0.05) is 25.7 Å². The van der Waals surface area contributed by atoms with Gasteiger partial charge in [-0.1, -0.05) is 325 Å². The Hall–Kier alpha value is -1.94. The molecule has 0 aromatic rings. The summed E-state index contributed by atoms with van der Waals surface area (Å²) in [6.45, 7) is 14.1. The van der Waals surface area contributed by atoms with E-state index in [0.717, 1.165) is 114 Å². The van der Waals surface area contributed by atoms with Crippen LogP contribution >= 0.6 is 15.6 Å². The Balaban J connectivity index is 5.23. The summed E-state index contributed by atoms with van der Waals surface area (Å²) in [6.07, 6.45) is 48.7. The summed E-state index contributed by atoms with van der Waals surface area (Å²) in [5.41, 5.74) is 0. The number of phosphoric acid groups is 2. The number of esters is 4. The molecule has 0 rings (SSSR count). The molecule has 0 fully saturated rings. The van der Waals surface area contributed by atoms with Crippen molar-refractivity contribution in [3.63, 3.8) is 0 Å². The molecule has 17 nitrogen and oxygen atoms in total. The smallest absolute Gasteiger partial charge is 0.462 e. The maximum Gasteiger partial charge on any atom is 0.472 e. The lowest BCUT2D eigenvalue weighted by Gasteiger charge is -2.21. The Kier molecular flexibility index (Phi) is 63.1. The van der Waals surface area contributed by atoms with Crippen LogP contribution in [0.2, 0.25) is 0 Å². The third-order valence-electron chi connectivity index (χ3n) is 17.3. The van der Waals surface area contributed by atoms with Crippen molar-refractivity contribution in [2.24, 2.45) is 23.7 Å². The Morgan fingerprint density at radius 3 is 0.660 bits per heavy atom. The molecule has 3 unspecified atom stereocenters. The van der Waals surface area contributed by atoms with Crippen LogP contribution in [0.1, 0.15) is 376 Å². The number of carbonyl (C=O) groups excluding carboxylic acids is 4. The summed E-state index contributed by atoms with van der Waals surface area (Å²) < 4.78 is 68.5. The van der Waals surface area contributed by atoms with E-state index in [9.17, 15) is 43.2 Å². The molecule has 19 heteroatoms. The number of aliphatic hydroxyl groups is 1. The van der Waals surface area contributed by atoms with Crippen LogP contribution in [0.25, 0.3) is 0 Å². The summed E-state index contributed by atoms with van der Waals surface area (Å²) >= 11 is 0. The highest BCUT2D eigenvalue weighted by Crippen LogP contribution is 2.45. The summed E-state index contributed by atoms with van der Waals surface area (Å²) in [6, 6.07) is 0. The zero-order valence-corrected chi connectivity index (χ0v) is 63.4. The lowest BCUT2D eigenvalue weighted by Crippen LogP contribution is -2.30. The van der Waals surface area contributed by atoms with Gasteiger partial charge in [0.2, 0.25) is 0 Å². The number of phosphoric ester groups is 2. The summed E-state index contributed by atoms with van der Waals surface area (Å²) in [5.74, 6) is 0.890. The van der Waals surface area contributed by atoms with Crippen LogP contribution in [0.15, 0.2) is 0 Å². The van der Waals surface area contributed by atoms with Crippen molar-refractivity contribution in [1.82, 2.24) is 0 Å². The quantitative estimate of drug-likeness (QED) is 0.0222. The molecule has 94 heavy (non-hydrogen) atoms. The highest BCUT2D eigenvalue weighted by Gasteiger charge is 2.30. The lowest BCUT2D eigenvalue weighted by atomic mass is 10.0. The fourth-order valence-electron chi connectivity index (χ4n) is 11.4. The SMILES string of the molecule is CC(C)CCCCCCCCCCCCCCCCCCC(=O)O[C@H](COC(=O)CCCCCCCCCCC(C)C)COP(=O)(O)OCC(O)COP(=O)(O)OC[C@@H](COC(=O)CCCCCCCCCCC(C)C)OC(=O)CCCCCCCCCCCCC(C)C. The zero-order chi connectivity index (χ0) is 69.6. The predicted molar refractivity (Wildman–Crippen MR) is 381 cm³/mol. The number of rotatable bonds is 72. The molecule has 0 aromatic carbocycles. The van der Waals surface area contributed by atoms with E-state index in [2.05, 4.69) is 55.4 Å². The maximum atomic E-state index is 13.1. The van der Waals surface area contributed by atoms with Crippen molar-refractivity contribution in [1.29, 1.82) is 0 Å². The first kappa shape index (κ1) is 92.1. The summed E-state index contributed by atoms with van der Waals surface area (Å²) in [4.78, 5) is 72.7. The molecule has 0 radical (unpaired) electrons. The molecule has 558 valence electrons. The molecule has 0 aromatic heterocycles. The Bertz CT molecular complexity index is 1850. The fraction of sp³-hybridized carbons (Fsp3) is 0.947. The van der Waals surface area contributed by atoms with Gasteiger partial charge in [-0.15, -0.1) is 0 Å². The minimum absolute atomic E-state index is 0.105. The Labute approximate surface area is 575 Å². The molecule has 0 spiro atoms. The number of ether oxygens (including phenoxy) is 4. The second-order valence-corrected chi connectivity index (χ2v) is 31.9. The topological polar surface area (TPSA) is 237 Å². The molecule has 0 saturated carbocycles. The lowest BCUT2D eigenvalue weighted by molar-refractivity contribution is -0.161. The highest BCUT2D eigenvalue weighted by atomic mass is 31.2. The highest BCUT2D eigenvalue weighted by molar-refractivity contribution is 7.47. The van der Waals surface area contributed by atoms with Crippen molar-refractivity contribution < 1.29 is 80.2 Å². The van der Waals surface area contributed by atoms with Crippen molar-refractivity contribution in [2.75, 3.05) is 39.6 Å². The van der Waals surface area contributed by atoms with E-state index in [1.54, 1.807) is 0 Å². The van der Waals surface area contributed by atoms with Gasteiger partial charge in [0.05, 0.1) is 26.4 Å². The van der Waals surface area contributed by atoms with Gasteiger partial charge in [-0.25, -0.2) is 9.13 Å². The second kappa shape index (κ2) is 64.4. The monoisotopic (exact) mass is 1380 g/mol. The minimum Gasteiger partial charge on any atom is -0.462 e. The van der Waals surface area contributed by atoms with Gasteiger partial charge >= 0.3 is 39.5 Å². The van der Waals surface area contributed by atoms with E-state index < -0.39 is 97.5 Å². The predicted octanol–water partition coefficient (Wildman–Crippen LogP) is 21.7. The molecule has 0 bridgehead atoms. The molecule has 0 aliphatic rings. The third-order valence-corrected chi connectivity index (χ3v) is 19.2. The minimum atomic E-state index is -4.96. The first-order chi connectivity index (χ1) is 45.1. The Morgan fingerprint density at radius 2 is 0.447 bits per heavy atom. The fourth-order valence-corrected chi connectivity index (χ4v) is 13.0. The van der Waals surface area contributed by atoms with Gasteiger partial charge in [-0.3, -0.25) is 37.3 Å². The van der Waals surface area contributed by atoms with Gasteiger partial charge in [0.15, 0.2) is 12.2 Å². The van der Waals surface area contributed by atoms with Crippen LogP contribution in [0.3, 0.4) is 0 Å². The molecular formula is C75H146O17P2. The van der Waals surface area contributed by atoms with Crippen molar-refractivity contribution in [2.45, 2.75) is 395 Å².